The number of nitrogens with zero attached hydrogens (tertiary/aromatic N) is 1. The highest BCUT2D eigenvalue weighted by molar-refractivity contribution is 7.95. The predicted octanol–water partition coefficient (Wildman–Crippen LogP) is 0.372. The van der Waals surface area contributed by atoms with Crippen LogP contribution in [-0.4, -0.2) is 29.0 Å². The van der Waals surface area contributed by atoms with E-state index in [0.717, 1.165) is 6.16 Å². The Bertz CT molecular complexity index is 980. The number of benzene rings is 3. The number of halogens is 1. The molecule has 0 aromatic heterocycles. The van der Waals surface area contributed by atoms with Crippen LogP contribution in [0.15, 0.2) is 91.0 Å². The number of carbonyl (C=O) groups is 3. The molecule has 5 nitrogen and oxygen atoms in total. The van der Waals surface area contributed by atoms with Gasteiger partial charge in [0.25, 0.3) is 11.8 Å². The van der Waals surface area contributed by atoms with Gasteiger partial charge in [0.2, 0.25) is 0 Å². The number of imide groups is 1. The van der Waals surface area contributed by atoms with Crippen molar-refractivity contribution in [3.05, 3.63) is 91.0 Å². The van der Waals surface area contributed by atoms with Gasteiger partial charge in [-0.2, -0.15) is 0 Å². The first kappa shape index (κ1) is 24.8. The third kappa shape index (κ3) is 5.40. The molecule has 1 saturated heterocycles. The maximum absolute atomic E-state index is 12.4. The first-order chi connectivity index (χ1) is 15.6. The number of carbonyl (C=O) groups excluding carboxylic acids is 3. The summed E-state index contributed by atoms with van der Waals surface area (Å²) >= 11 is 0. The number of rotatable bonds is 8. The Morgan fingerprint density at radius 1 is 0.727 bits per heavy atom. The summed E-state index contributed by atoms with van der Waals surface area (Å²) in [6.07, 6.45) is 1.66. The monoisotopic (exact) mass is 525 g/mol. The summed E-state index contributed by atoms with van der Waals surface area (Å²) in [7, 11) is -2.02. The van der Waals surface area contributed by atoms with E-state index in [1.54, 1.807) is 0 Å². The first-order valence-corrected chi connectivity index (χ1v) is 12.7. The molecule has 1 heterocycles. The van der Waals surface area contributed by atoms with Gasteiger partial charge >= 0.3 is 5.97 Å². The predicted molar refractivity (Wildman–Crippen MR) is 126 cm³/mol. The lowest BCUT2D eigenvalue weighted by Gasteiger charge is -2.27. The van der Waals surface area contributed by atoms with E-state index in [4.69, 9.17) is 4.84 Å². The molecule has 0 bridgehead atoms. The fourth-order valence-electron chi connectivity index (χ4n) is 4.15. The Morgan fingerprint density at radius 2 is 1.12 bits per heavy atom. The highest BCUT2D eigenvalue weighted by atomic mass is 79.9. The van der Waals surface area contributed by atoms with E-state index in [1.165, 1.54) is 15.9 Å². The van der Waals surface area contributed by atoms with E-state index >= 15 is 0 Å². The van der Waals surface area contributed by atoms with Gasteiger partial charge in [0.15, 0.2) is 0 Å². The Kier molecular flexibility index (Phi) is 8.54. The van der Waals surface area contributed by atoms with E-state index < -0.39 is 25.0 Å². The van der Waals surface area contributed by atoms with E-state index in [9.17, 15) is 14.4 Å². The SMILES string of the molecule is O=C(CCC[P+](c1ccccc1)(c1ccccc1)c1ccccc1)ON1C(=O)CCC1=O.[Br-]. The largest absolute Gasteiger partial charge is 1.00 e. The minimum Gasteiger partial charge on any atom is -1.00 e. The van der Waals surface area contributed by atoms with Crippen LogP contribution in [0.5, 0.6) is 0 Å². The molecule has 7 heteroatoms. The van der Waals surface area contributed by atoms with E-state index in [-0.39, 0.29) is 36.2 Å². The van der Waals surface area contributed by atoms with Crippen LogP contribution in [0.1, 0.15) is 25.7 Å². The summed E-state index contributed by atoms with van der Waals surface area (Å²) < 4.78 is 0. The molecule has 33 heavy (non-hydrogen) atoms. The molecule has 0 saturated carbocycles. The quantitative estimate of drug-likeness (QED) is 0.315. The zero-order valence-electron chi connectivity index (χ0n) is 18.1. The average Bonchev–Trinajstić information content (AvgIpc) is 3.16. The topological polar surface area (TPSA) is 63.7 Å². The summed E-state index contributed by atoms with van der Waals surface area (Å²) in [6.45, 7) is 0. The summed E-state index contributed by atoms with van der Waals surface area (Å²) in [5.74, 6) is -1.47. The summed E-state index contributed by atoms with van der Waals surface area (Å²) in [6, 6.07) is 31.3. The van der Waals surface area contributed by atoms with Crippen LogP contribution in [0.4, 0.5) is 0 Å². The van der Waals surface area contributed by atoms with Crippen molar-refractivity contribution < 1.29 is 36.2 Å². The smallest absolute Gasteiger partial charge is 0.333 e. The van der Waals surface area contributed by atoms with Gasteiger partial charge in [0.05, 0.1) is 12.6 Å². The lowest BCUT2D eigenvalue weighted by Crippen LogP contribution is -3.00. The summed E-state index contributed by atoms with van der Waals surface area (Å²) in [5, 5.41) is 4.36. The minimum absolute atomic E-state index is 0. The molecule has 0 atom stereocenters. The van der Waals surface area contributed by atoms with Crippen molar-refractivity contribution in [1.82, 2.24) is 5.06 Å². The summed E-state index contributed by atoms with van der Waals surface area (Å²) in [4.78, 5) is 41.0. The Labute approximate surface area is 204 Å². The molecule has 1 aliphatic heterocycles. The van der Waals surface area contributed by atoms with Gasteiger partial charge in [-0.25, -0.2) is 4.79 Å². The molecule has 3 aromatic carbocycles. The first-order valence-electron chi connectivity index (χ1n) is 10.7. The van der Waals surface area contributed by atoms with Crippen molar-refractivity contribution in [1.29, 1.82) is 0 Å². The van der Waals surface area contributed by atoms with Crippen molar-refractivity contribution in [3.63, 3.8) is 0 Å². The second-order valence-electron chi connectivity index (χ2n) is 7.69. The van der Waals surface area contributed by atoms with E-state index in [1.807, 2.05) is 18.2 Å². The lowest BCUT2D eigenvalue weighted by atomic mass is 10.3. The Hall–Kier alpha value is -2.82. The zero-order valence-corrected chi connectivity index (χ0v) is 20.6. The number of hydrogen-bond acceptors (Lipinski definition) is 4. The van der Waals surface area contributed by atoms with Crippen LogP contribution in [0.25, 0.3) is 0 Å². The fourth-order valence-corrected chi connectivity index (χ4v) is 8.49. The molecule has 0 spiro atoms. The average molecular weight is 526 g/mol. The normalized spacial score (nSPS) is 13.5. The van der Waals surface area contributed by atoms with Crippen molar-refractivity contribution >= 4 is 41.0 Å². The highest BCUT2D eigenvalue weighted by Crippen LogP contribution is 2.55. The molecule has 1 fully saturated rings. The van der Waals surface area contributed by atoms with Crippen LogP contribution in [0.2, 0.25) is 0 Å². The molecular formula is C26H25BrNO4P. The second-order valence-corrected chi connectivity index (χ2v) is 11.3. The van der Waals surface area contributed by atoms with Gasteiger partial charge in [-0.1, -0.05) is 54.6 Å². The van der Waals surface area contributed by atoms with E-state index in [0.29, 0.717) is 11.5 Å². The summed E-state index contributed by atoms with van der Waals surface area (Å²) in [5.41, 5.74) is 0. The molecule has 0 radical (unpaired) electrons. The lowest BCUT2D eigenvalue weighted by molar-refractivity contribution is -0.197. The van der Waals surface area contributed by atoms with Crippen LogP contribution in [0.3, 0.4) is 0 Å². The van der Waals surface area contributed by atoms with Crippen LogP contribution in [0, 0.1) is 0 Å². The number of hydrogen-bond donors (Lipinski definition) is 0. The van der Waals surface area contributed by atoms with Gasteiger partial charge in [0, 0.05) is 12.8 Å². The maximum Gasteiger partial charge on any atom is 0.333 e. The maximum atomic E-state index is 12.4. The molecule has 0 unspecified atom stereocenters. The van der Waals surface area contributed by atoms with E-state index in [2.05, 4.69) is 72.8 Å². The Morgan fingerprint density at radius 3 is 1.52 bits per heavy atom. The molecule has 1 aliphatic rings. The highest BCUT2D eigenvalue weighted by Gasteiger charge is 2.44. The van der Waals surface area contributed by atoms with Crippen molar-refractivity contribution in [3.8, 4) is 0 Å². The molecule has 3 aromatic rings. The Balaban J connectivity index is 0.00000306. The van der Waals surface area contributed by atoms with Crippen molar-refractivity contribution in [2.45, 2.75) is 25.7 Å². The standard InChI is InChI=1S/C26H25NO4P.BrH/c28-24-18-19-25(29)27(24)31-26(30)17-10-20-32(21-11-4-1-5-12-21,22-13-6-2-7-14-22)23-15-8-3-9-16-23;/h1-9,11-16H,10,17-20H2;1H/q+1;/p-1. The molecule has 2 amide bonds. The van der Waals surface area contributed by atoms with Gasteiger partial charge in [-0.15, -0.1) is 5.06 Å². The van der Waals surface area contributed by atoms with Gasteiger partial charge in [0.1, 0.15) is 23.2 Å². The molecule has 0 aliphatic carbocycles. The number of amides is 2. The van der Waals surface area contributed by atoms with Gasteiger partial charge in [-0.3, -0.25) is 9.59 Å². The van der Waals surface area contributed by atoms with Crippen molar-refractivity contribution in [2.75, 3.05) is 6.16 Å². The van der Waals surface area contributed by atoms with Crippen molar-refractivity contribution in [2.24, 2.45) is 0 Å². The molecule has 170 valence electrons. The molecular weight excluding hydrogens is 501 g/mol. The van der Waals surface area contributed by atoms with Crippen LogP contribution in [-0.2, 0) is 19.2 Å². The second kappa shape index (κ2) is 11.4. The number of hydroxylamine groups is 2. The zero-order chi connectivity index (χ0) is 22.4. The van der Waals surface area contributed by atoms with Crippen LogP contribution >= 0.6 is 7.26 Å². The fraction of sp³-hybridized carbons (Fsp3) is 0.192. The van der Waals surface area contributed by atoms with Gasteiger partial charge < -0.3 is 21.8 Å². The van der Waals surface area contributed by atoms with Gasteiger partial charge in [-0.05, 0) is 42.8 Å². The third-order valence-electron chi connectivity index (χ3n) is 5.66. The third-order valence-corrected chi connectivity index (χ3v) is 10.2. The minimum atomic E-state index is -2.02. The molecule has 0 N–H and O–H groups in total. The molecule has 4 rings (SSSR count). The van der Waals surface area contributed by atoms with Crippen LogP contribution < -0.4 is 32.9 Å².